The van der Waals surface area contributed by atoms with Gasteiger partial charge in [0.25, 0.3) is 0 Å². The Bertz CT molecular complexity index is 408. The molecule has 1 aliphatic heterocycles. The fraction of sp³-hybridized carbons (Fsp3) is 0.538. The molecule has 1 fully saturated rings. The molecule has 100 valence electrons. The Labute approximate surface area is 126 Å². The van der Waals surface area contributed by atoms with Gasteiger partial charge in [0.1, 0.15) is 0 Å². The Hall–Kier alpha value is -0.863. The van der Waals surface area contributed by atoms with Crippen LogP contribution in [0.2, 0.25) is 0 Å². The van der Waals surface area contributed by atoms with E-state index in [9.17, 15) is 9.90 Å². The van der Waals surface area contributed by atoms with Crippen LogP contribution in [0.15, 0.2) is 24.5 Å². The van der Waals surface area contributed by atoms with Gasteiger partial charge in [-0.3, -0.25) is 14.7 Å². The zero-order valence-electron chi connectivity index (χ0n) is 12.5. The van der Waals surface area contributed by atoms with E-state index in [-0.39, 0.29) is 32.1 Å². The third-order valence-corrected chi connectivity index (χ3v) is 3.46. The van der Waals surface area contributed by atoms with Gasteiger partial charge in [0, 0.05) is 45.1 Å². The Balaban J connectivity index is 0.00000180. The Morgan fingerprint density at radius 1 is 1.53 bits per heavy atom. The summed E-state index contributed by atoms with van der Waals surface area (Å²) in [5.74, 6) is -1.02. The average molecular weight is 258 g/mol. The zero-order chi connectivity index (χ0) is 13.0. The first-order valence-corrected chi connectivity index (χ1v) is 6.06. The molecule has 0 amide bonds. The first-order chi connectivity index (χ1) is 8.72. The summed E-state index contributed by atoms with van der Waals surface area (Å²) < 4.78 is 5.04. The van der Waals surface area contributed by atoms with E-state index in [1.165, 1.54) is 0 Å². The number of aromatic nitrogens is 1. The summed E-state index contributed by atoms with van der Waals surface area (Å²) in [4.78, 5) is 17.5. The molecule has 0 aliphatic carbocycles. The van der Waals surface area contributed by atoms with Crippen LogP contribution in [0.5, 0.6) is 0 Å². The van der Waals surface area contributed by atoms with Crippen molar-refractivity contribution in [3.8, 4) is 0 Å². The second-order valence-electron chi connectivity index (χ2n) is 4.58. The number of ether oxygens (including phenoxy) is 1. The van der Waals surface area contributed by atoms with E-state index in [0.29, 0.717) is 13.2 Å². The van der Waals surface area contributed by atoms with E-state index < -0.39 is 5.97 Å². The molecule has 0 saturated carbocycles. The normalized spacial score (nSPS) is 23.0. The molecule has 1 saturated heterocycles. The van der Waals surface area contributed by atoms with Gasteiger partial charge in [-0.2, -0.15) is 0 Å². The maximum absolute atomic E-state index is 11.3. The standard InChI is InChI=1S/C13H18N2O3.Li.H/c1-18-7-6-15-8-11(12(9-15)13(16)17)10-2-4-14-5-3-10;;/h2-5,11-12H,6-9H2,1H3,(H,16,17);;/q;+1;-1. The number of hydrogen-bond donors (Lipinski definition) is 1. The van der Waals surface area contributed by atoms with Gasteiger partial charge < -0.3 is 11.3 Å². The van der Waals surface area contributed by atoms with Gasteiger partial charge in [-0.15, -0.1) is 0 Å². The zero-order valence-corrected chi connectivity index (χ0v) is 11.5. The monoisotopic (exact) mass is 258 g/mol. The van der Waals surface area contributed by atoms with Crippen molar-refractivity contribution in [2.45, 2.75) is 5.92 Å². The number of methoxy groups -OCH3 is 1. The van der Waals surface area contributed by atoms with Gasteiger partial charge in [-0.1, -0.05) is 0 Å². The molecule has 0 radical (unpaired) electrons. The predicted molar refractivity (Wildman–Crippen MR) is 67.5 cm³/mol. The van der Waals surface area contributed by atoms with Crippen molar-refractivity contribution in [2.24, 2.45) is 5.92 Å². The number of nitrogens with zero attached hydrogens (tertiary/aromatic N) is 2. The van der Waals surface area contributed by atoms with Crippen LogP contribution in [0.1, 0.15) is 12.9 Å². The van der Waals surface area contributed by atoms with Crippen molar-refractivity contribution in [1.29, 1.82) is 0 Å². The van der Waals surface area contributed by atoms with Gasteiger partial charge in [0.15, 0.2) is 0 Å². The molecule has 6 heteroatoms. The van der Waals surface area contributed by atoms with Gasteiger partial charge in [-0.05, 0) is 17.7 Å². The molecule has 2 atom stereocenters. The van der Waals surface area contributed by atoms with Crippen molar-refractivity contribution in [1.82, 2.24) is 9.88 Å². The number of carboxylic acids is 1. The third-order valence-electron chi connectivity index (χ3n) is 3.46. The first-order valence-electron chi connectivity index (χ1n) is 6.06. The van der Waals surface area contributed by atoms with E-state index in [2.05, 4.69) is 9.88 Å². The molecular weight excluding hydrogens is 239 g/mol. The van der Waals surface area contributed by atoms with Gasteiger partial charge in [0.05, 0.1) is 12.5 Å². The molecule has 1 N–H and O–H groups in total. The molecule has 19 heavy (non-hydrogen) atoms. The van der Waals surface area contributed by atoms with E-state index in [4.69, 9.17) is 4.74 Å². The van der Waals surface area contributed by atoms with Gasteiger partial charge in [0.2, 0.25) is 0 Å². The van der Waals surface area contributed by atoms with Crippen LogP contribution >= 0.6 is 0 Å². The van der Waals surface area contributed by atoms with Crippen molar-refractivity contribution in [3.63, 3.8) is 0 Å². The number of carbonyl (C=O) groups is 1. The topological polar surface area (TPSA) is 62.7 Å². The van der Waals surface area contributed by atoms with Crippen LogP contribution in [0.3, 0.4) is 0 Å². The minimum Gasteiger partial charge on any atom is -1.00 e. The smallest absolute Gasteiger partial charge is 1.00 e. The van der Waals surface area contributed by atoms with Crippen LogP contribution in [0, 0.1) is 5.92 Å². The summed E-state index contributed by atoms with van der Waals surface area (Å²) >= 11 is 0. The number of likely N-dealkylation sites (tertiary alicyclic amines) is 1. The first kappa shape index (κ1) is 16.2. The molecule has 0 aromatic carbocycles. The molecule has 0 spiro atoms. The third kappa shape index (κ3) is 4.05. The number of pyridine rings is 1. The largest absolute Gasteiger partial charge is 1.00 e. The van der Waals surface area contributed by atoms with E-state index in [0.717, 1.165) is 18.7 Å². The van der Waals surface area contributed by atoms with E-state index >= 15 is 0 Å². The fourth-order valence-electron chi connectivity index (χ4n) is 2.49. The maximum Gasteiger partial charge on any atom is 1.00 e. The van der Waals surface area contributed by atoms with Crippen LogP contribution in [0.25, 0.3) is 0 Å². The minimum absolute atomic E-state index is 0. The summed E-state index contributed by atoms with van der Waals surface area (Å²) in [5, 5.41) is 9.31. The van der Waals surface area contributed by atoms with E-state index in [1.54, 1.807) is 19.5 Å². The Morgan fingerprint density at radius 2 is 2.21 bits per heavy atom. The summed E-state index contributed by atoms with van der Waals surface area (Å²) in [5.41, 5.74) is 1.05. The predicted octanol–water partition coefficient (Wildman–Crippen LogP) is -2.06. The fourth-order valence-corrected chi connectivity index (χ4v) is 2.49. The Kier molecular flexibility index (Phi) is 6.53. The van der Waals surface area contributed by atoms with Crippen molar-refractivity contribution in [2.75, 3.05) is 33.4 Å². The van der Waals surface area contributed by atoms with Gasteiger partial charge in [-0.25, -0.2) is 0 Å². The molecular formula is C13H19LiN2O3. The van der Waals surface area contributed by atoms with Crippen LogP contribution < -0.4 is 18.9 Å². The van der Waals surface area contributed by atoms with Crippen LogP contribution in [0.4, 0.5) is 0 Å². The SMILES string of the molecule is COCCN1CC(C(=O)O)C(c2ccncc2)C1.[H-].[Li+]. The van der Waals surface area contributed by atoms with Gasteiger partial charge >= 0.3 is 24.8 Å². The summed E-state index contributed by atoms with van der Waals surface area (Å²) in [7, 11) is 1.66. The van der Waals surface area contributed by atoms with Crippen LogP contribution in [-0.2, 0) is 9.53 Å². The van der Waals surface area contributed by atoms with Crippen molar-refractivity contribution in [3.05, 3.63) is 30.1 Å². The number of aliphatic carboxylic acids is 1. The maximum atomic E-state index is 11.3. The van der Waals surface area contributed by atoms with E-state index in [1.807, 2.05) is 12.1 Å². The molecule has 2 rings (SSSR count). The minimum atomic E-state index is -0.725. The van der Waals surface area contributed by atoms with Crippen molar-refractivity contribution >= 4 is 5.97 Å². The average Bonchev–Trinajstić information content (AvgIpc) is 2.82. The molecule has 0 bridgehead atoms. The second-order valence-corrected chi connectivity index (χ2v) is 4.58. The molecule has 2 unspecified atom stereocenters. The molecule has 5 nitrogen and oxygen atoms in total. The summed E-state index contributed by atoms with van der Waals surface area (Å²) in [6.07, 6.45) is 3.43. The summed E-state index contributed by atoms with van der Waals surface area (Å²) in [6, 6.07) is 3.81. The molecule has 1 aliphatic rings. The number of rotatable bonds is 5. The molecule has 1 aromatic rings. The number of carboxylic acid groups (broad SMARTS) is 1. The molecule has 2 heterocycles. The number of hydrogen-bond acceptors (Lipinski definition) is 4. The Morgan fingerprint density at radius 3 is 2.79 bits per heavy atom. The quantitative estimate of drug-likeness (QED) is 0.616. The van der Waals surface area contributed by atoms with Crippen LogP contribution in [-0.4, -0.2) is 54.3 Å². The summed E-state index contributed by atoms with van der Waals surface area (Å²) in [6.45, 7) is 2.77. The second kappa shape index (κ2) is 7.66. The van der Waals surface area contributed by atoms with Crippen molar-refractivity contribution < 1.29 is 34.9 Å². The molecule has 1 aromatic heterocycles.